The average molecular weight is 405 g/mol. The zero-order chi connectivity index (χ0) is 21.0. The fourth-order valence-corrected chi connectivity index (χ4v) is 2.67. The Morgan fingerprint density at radius 2 is 1.86 bits per heavy atom. The molecule has 2 heterocycles. The fourth-order valence-electron chi connectivity index (χ4n) is 2.67. The quantitative estimate of drug-likeness (QED) is 0.618. The summed E-state index contributed by atoms with van der Waals surface area (Å²) in [6.45, 7) is 0.564. The van der Waals surface area contributed by atoms with Gasteiger partial charge in [-0.25, -0.2) is 14.4 Å². The van der Waals surface area contributed by atoms with Crippen molar-refractivity contribution in [2.45, 2.75) is 19.3 Å². The zero-order valence-corrected chi connectivity index (χ0v) is 15.8. The van der Waals surface area contributed by atoms with Crippen molar-refractivity contribution in [3.63, 3.8) is 0 Å². The molecule has 1 N–H and O–H groups in total. The second-order valence-electron chi connectivity index (χ2n) is 6.72. The molecule has 0 unspecified atom stereocenters. The lowest BCUT2D eigenvalue weighted by Gasteiger charge is -2.13. The monoisotopic (exact) mass is 405 g/mol. The van der Waals surface area contributed by atoms with Crippen LogP contribution in [0.25, 0.3) is 11.4 Å². The molecule has 3 rings (SSSR count). The largest absolute Gasteiger partial charge is 0.433 e. The SMILES string of the molecule is CN(C)Cc1ccc(CNc2cc(C(F)(F)F)nc(-c3cccnc3)n2)cc1F. The minimum absolute atomic E-state index is 0.0102. The van der Waals surface area contributed by atoms with Crippen molar-refractivity contribution in [3.05, 3.63) is 71.4 Å². The van der Waals surface area contributed by atoms with Gasteiger partial charge in [0.15, 0.2) is 11.5 Å². The lowest BCUT2D eigenvalue weighted by Crippen LogP contribution is -2.13. The number of pyridine rings is 1. The highest BCUT2D eigenvalue weighted by Gasteiger charge is 2.33. The van der Waals surface area contributed by atoms with Crippen LogP contribution in [0.1, 0.15) is 16.8 Å². The van der Waals surface area contributed by atoms with Crippen molar-refractivity contribution >= 4 is 5.82 Å². The normalized spacial score (nSPS) is 11.7. The molecule has 0 radical (unpaired) electrons. The van der Waals surface area contributed by atoms with Gasteiger partial charge >= 0.3 is 6.18 Å². The van der Waals surface area contributed by atoms with Crippen molar-refractivity contribution in [2.75, 3.05) is 19.4 Å². The highest BCUT2D eigenvalue weighted by molar-refractivity contribution is 5.56. The maximum atomic E-state index is 14.2. The number of anilines is 1. The maximum Gasteiger partial charge on any atom is 0.433 e. The molecule has 9 heteroatoms. The summed E-state index contributed by atoms with van der Waals surface area (Å²) in [4.78, 5) is 13.5. The minimum Gasteiger partial charge on any atom is -0.366 e. The number of rotatable bonds is 6. The van der Waals surface area contributed by atoms with E-state index in [9.17, 15) is 17.6 Å². The van der Waals surface area contributed by atoms with E-state index in [2.05, 4.69) is 20.3 Å². The van der Waals surface area contributed by atoms with Crippen molar-refractivity contribution in [1.29, 1.82) is 0 Å². The lowest BCUT2D eigenvalue weighted by atomic mass is 10.1. The van der Waals surface area contributed by atoms with Crippen LogP contribution in [0.4, 0.5) is 23.4 Å². The second kappa shape index (κ2) is 8.52. The summed E-state index contributed by atoms with van der Waals surface area (Å²) in [6.07, 6.45) is -1.74. The molecule has 0 atom stereocenters. The van der Waals surface area contributed by atoms with E-state index in [1.54, 1.807) is 24.3 Å². The first-order valence-corrected chi connectivity index (χ1v) is 8.75. The van der Waals surface area contributed by atoms with Gasteiger partial charge in [0, 0.05) is 42.7 Å². The molecule has 29 heavy (non-hydrogen) atoms. The van der Waals surface area contributed by atoms with Crippen LogP contribution >= 0.6 is 0 Å². The molecule has 3 aromatic rings. The molecule has 0 saturated heterocycles. The Morgan fingerprint density at radius 1 is 1.07 bits per heavy atom. The Bertz CT molecular complexity index is 974. The van der Waals surface area contributed by atoms with Gasteiger partial charge in [0.25, 0.3) is 0 Å². The highest BCUT2D eigenvalue weighted by atomic mass is 19.4. The molecule has 0 spiro atoms. The summed E-state index contributed by atoms with van der Waals surface area (Å²) in [5.74, 6) is -0.473. The third-order valence-corrected chi connectivity index (χ3v) is 4.01. The number of halogens is 4. The van der Waals surface area contributed by atoms with Gasteiger partial charge in [0.1, 0.15) is 11.6 Å². The predicted molar refractivity (Wildman–Crippen MR) is 101 cm³/mol. The summed E-state index contributed by atoms with van der Waals surface area (Å²) in [5, 5.41) is 2.82. The zero-order valence-electron chi connectivity index (χ0n) is 15.8. The van der Waals surface area contributed by atoms with Gasteiger partial charge in [0.2, 0.25) is 0 Å². The fraction of sp³-hybridized carbons (Fsp3) is 0.250. The van der Waals surface area contributed by atoms with Crippen LogP contribution in [-0.2, 0) is 19.3 Å². The number of hydrogen-bond donors (Lipinski definition) is 1. The van der Waals surface area contributed by atoms with E-state index in [1.807, 2.05) is 19.0 Å². The Kier molecular flexibility index (Phi) is 6.07. The molecule has 2 aromatic heterocycles. The maximum absolute atomic E-state index is 14.2. The van der Waals surface area contributed by atoms with E-state index in [0.717, 1.165) is 6.07 Å². The van der Waals surface area contributed by atoms with Crippen LogP contribution in [0.3, 0.4) is 0 Å². The van der Waals surface area contributed by atoms with Crippen LogP contribution in [0.5, 0.6) is 0 Å². The van der Waals surface area contributed by atoms with Gasteiger partial charge in [-0.1, -0.05) is 12.1 Å². The molecule has 0 aliphatic carbocycles. The van der Waals surface area contributed by atoms with Gasteiger partial charge in [-0.15, -0.1) is 0 Å². The Morgan fingerprint density at radius 3 is 2.48 bits per heavy atom. The highest BCUT2D eigenvalue weighted by Crippen LogP contribution is 2.30. The van der Waals surface area contributed by atoms with Crippen LogP contribution in [0.2, 0.25) is 0 Å². The summed E-state index contributed by atoms with van der Waals surface area (Å²) in [5.41, 5.74) is 0.418. The van der Waals surface area contributed by atoms with Crippen LogP contribution in [0, 0.1) is 5.82 Å². The Labute approximate surface area is 165 Å². The Balaban J connectivity index is 1.84. The summed E-state index contributed by atoms with van der Waals surface area (Å²) in [6, 6.07) is 8.74. The van der Waals surface area contributed by atoms with Gasteiger partial charge in [-0.05, 0) is 37.9 Å². The summed E-state index contributed by atoms with van der Waals surface area (Å²) >= 11 is 0. The summed E-state index contributed by atoms with van der Waals surface area (Å²) in [7, 11) is 3.67. The van der Waals surface area contributed by atoms with E-state index >= 15 is 0 Å². The van der Waals surface area contributed by atoms with Crippen LogP contribution in [0.15, 0.2) is 48.8 Å². The molecule has 152 valence electrons. The predicted octanol–water partition coefficient (Wildman–Crippen LogP) is 4.37. The van der Waals surface area contributed by atoms with Crippen LogP contribution in [-0.4, -0.2) is 33.9 Å². The third kappa shape index (κ3) is 5.47. The van der Waals surface area contributed by atoms with Gasteiger partial charge in [0.05, 0.1) is 0 Å². The molecule has 0 amide bonds. The smallest absolute Gasteiger partial charge is 0.366 e. The van der Waals surface area contributed by atoms with E-state index in [4.69, 9.17) is 0 Å². The molecule has 0 aliphatic rings. The standard InChI is InChI=1S/C20H19F4N5/c1-29(2)12-15-6-5-13(8-16(15)21)10-26-18-9-17(20(22,23)24)27-19(28-18)14-4-3-7-25-11-14/h3-9,11H,10,12H2,1-2H3,(H,26,27,28). The first-order valence-electron chi connectivity index (χ1n) is 8.75. The van der Waals surface area contributed by atoms with Crippen molar-refractivity contribution < 1.29 is 17.6 Å². The molecule has 1 aromatic carbocycles. The molecule has 0 aliphatic heterocycles. The van der Waals surface area contributed by atoms with Gasteiger partial charge in [-0.2, -0.15) is 13.2 Å². The van der Waals surface area contributed by atoms with E-state index < -0.39 is 11.9 Å². The molecular formula is C20H19F4N5. The van der Waals surface area contributed by atoms with Gasteiger partial charge in [-0.3, -0.25) is 4.98 Å². The minimum atomic E-state index is -4.63. The first-order chi connectivity index (χ1) is 13.7. The number of aromatic nitrogens is 3. The number of nitrogens with one attached hydrogen (secondary N) is 1. The Hall–Kier alpha value is -3.07. The van der Waals surface area contributed by atoms with E-state index in [0.29, 0.717) is 23.2 Å². The summed E-state index contributed by atoms with van der Waals surface area (Å²) < 4.78 is 53.9. The molecule has 0 bridgehead atoms. The van der Waals surface area contributed by atoms with Crippen molar-refractivity contribution in [3.8, 4) is 11.4 Å². The van der Waals surface area contributed by atoms with E-state index in [-0.39, 0.29) is 24.0 Å². The second-order valence-corrected chi connectivity index (χ2v) is 6.72. The average Bonchev–Trinajstić information content (AvgIpc) is 2.68. The molecule has 0 fully saturated rings. The third-order valence-electron chi connectivity index (χ3n) is 4.01. The first kappa shape index (κ1) is 20.7. The van der Waals surface area contributed by atoms with Crippen LogP contribution < -0.4 is 5.32 Å². The topological polar surface area (TPSA) is 53.9 Å². The number of hydrogen-bond acceptors (Lipinski definition) is 5. The molecule has 5 nitrogen and oxygen atoms in total. The number of alkyl halides is 3. The lowest BCUT2D eigenvalue weighted by molar-refractivity contribution is -0.141. The van der Waals surface area contributed by atoms with E-state index in [1.165, 1.54) is 18.5 Å². The van der Waals surface area contributed by atoms with Crippen molar-refractivity contribution in [2.24, 2.45) is 0 Å². The number of benzene rings is 1. The molecular weight excluding hydrogens is 386 g/mol. The van der Waals surface area contributed by atoms with Gasteiger partial charge < -0.3 is 10.2 Å². The van der Waals surface area contributed by atoms with Crippen molar-refractivity contribution in [1.82, 2.24) is 19.9 Å². The molecule has 0 saturated carbocycles. The number of nitrogens with zero attached hydrogens (tertiary/aromatic N) is 4.